The van der Waals surface area contributed by atoms with Gasteiger partial charge in [0.15, 0.2) is 0 Å². The second-order valence-electron chi connectivity index (χ2n) is 7.18. The first-order valence-electron chi connectivity index (χ1n) is 8.95. The van der Waals surface area contributed by atoms with Gasteiger partial charge >= 0.3 is 0 Å². The summed E-state index contributed by atoms with van der Waals surface area (Å²) in [4.78, 5) is 4.61. The molecule has 2 heteroatoms. The van der Waals surface area contributed by atoms with E-state index in [4.69, 9.17) is 0 Å². The van der Waals surface area contributed by atoms with E-state index in [-0.39, 0.29) is 0 Å². The molecule has 2 aliphatic carbocycles. The molecule has 3 rings (SSSR count). The zero-order valence-electron chi connectivity index (χ0n) is 13.7. The topological polar surface area (TPSA) is 24.9 Å². The van der Waals surface area contributed by atoms with Gasteiger partial charge in [-0.05, 0) is 50.7 Å². The maximum Gasteiger partial charge on any atom is 0.0606 e. The van der Waals surface area contributed by atoms with Crippen LogP contribution in [0.15, 0.2) is 12.1 Å². The third kappa shape index (κ3) is 3.59. The van der Waals surface area contributed by atoms with Crippen molar-refractivity contribution in [2.75, 3.05) is 5.32 Å². The standard InChI is InChI=1S/C19H30N2/c1-14-12-13-18(15(2)20-14)21-19-11-7-6-10-17(19)16-8-4-3-5-9-16/h12-13,16-17,19,21H,3-11H2,1-2H3. The Balaban J connectivity index is 1.71. The SMILES string of the molecule is Cc1ccc(NC2CCCCC2C2CCCCC2)c(C)n1. The van der Waals surface area contributed by atoms with E-state index >= 15 is 0 Å². The van der Waals surface area contributed by atoms with Crippen LogP contribution in [0.1, 0.15) is 69.2 Å². The van der Waals surface area contributed by atoms with Crippen molar-refractivity contribution in [3.63, 3.8) is 0 Å². The van der Waals surface area contributed by atoms with Crippen LogP contribution < -0.4 is 5.32 Å². The highest BCUT2D eigenvalue weighted by molar-refractivity contribution is 5.48. The van der Waals surface area contributed by atoms with Crippen molar-refractivity contribution < 1.29 is 0 Å². The van der Waals surface area contributed by atoms with Crippen LogP contribution >= 0.6 is 0 Å². The Kier molecular flexibility index (Phi) is 4.82. The molecule has 2 aliphatic rings. The van der Waals surface area contributed by atoms with Crippen LogP contribution in [0.3, 0.4) is 0 Å². The molecular weight excluding hydrogens is 256 g/mol. The smallest absolute Gasteiger partial charge is 0.0606 e. The molecule has 0 spiro atoms. The number of hydrogen-bond donors (Lipinski definition) is 1. The zero-order valence-corrected chi connectivity index (χ0v) is 13.7. The second-order valence-corrected chi connectivity index (χ2v) is 7.18. The van der Waals surface area contributed by atoms with Gasteiger partial charge in [0.05, 0.1) is 11.4 Å². The molecule has 1 aromatic heterocycles. The minimum atomic E-state index is 0.671. The van der Waals surface area contributed by atoms with Gasteiger partial charge in [0.1, 0.15) is 0 Å². The molecule has 2 fully saturated rings. The number of nitrogens with one attached hydrogen (secondary N) is 1. The predicted octanol–water partition coefficient (Wildman–Crippen LogP) is 5.25. The third-order valence-electron chi connectivity index (χ3n) is 5.64. The lowest BCUT2D eigenvalue weighted by molar-refractivity contribution is 0.180. The number of aryl methyl sites for hydroxylation is 2. The summed E-state index contributed by atoms with van der Waals surface area (Å²) in [7, 11) is 0. The summed E-state index contributed by atoms with van der Waals surface area (Å²) in [5.41, 5.74) is 3.53. The van der Waals surface area contributed by atoms with Gasteiger partial charge in [0.25, 0.3) is 0 Å². The molecule has 2 unspecified atom stereocenters. The Labute approximate surface area is 129 Å². The first-order chi connectivity index (χ1) is 10.2. The molecule has 0 saturated heterocycles. The fourth-order valence-electron chi connectivity index (χ4n) is 4.50. The van der Waals surface area contributed by atoms with Crippen LogP contribution in [-0.4, -0.2) is 11.0 Å². The number of aromatic nitrogens is 1. The molecule has 2 nitrogen and oxygen atoms in total. The average Bonchev–Trinajstić information content (AvgIpc) is 2.51. The van der Waals surface area contributed by atoms with Crippen molar-refractivity contribution in [1.82, 2.24) is 4.98 Å². The van der Waals surface area contributed by atoms with E-state index in [9.17, 15) is 0 Å². The van der Waals surface area contributed by atoms with Crippen molar-refractivity contribution in [3.05, 3.63) is 23.5 Å². The molecule has 2 atom stereocenters. The molecule has 21 heavy (non-hydrogen) atoms. The van der Waals surface area contributed by atoms with Gasteiger partial charge in [-0.25, -0.2) is 0 Å². The Morgan fingerprint density at radius 1 is 0.905 bits per heavy atom. The van der Waals surface area contributed by atoms with Gasteiger partial charge in [-0.3, -0.25) is 4.98 Å². The quantitative estimate of drug-likeness (QED) is 0.821. The molecular formula is C19H30N2. The Hall–Kier alpha value is -1.05. The maximum atomic E-state index is 4.61. The summed E-state index contributed by atoms with van der Waals surface area (Å²) in [6, 6.07) is 5.03. The first-order valence-corrected chi connectivity index (χ1v) is 8.95. The molecule has 2 saturated carbocycles. The fraction of sp³-hybridized carbons (Fsp3) is 0.737. The highest BCUT2D eigenvalue weighted by Gasteiger charge is 2.32. The van der Waals surface area contributed by atoms with Gasteiger partial charge in [-0.15, -0.1) is 0 Å². The first kappa shape index (κ1) is 14.9. The Morgan fingerprint density at radius 2 is 1.62 bits per heavy atom. The lowest BCUT2D eigenvalue weighted by Gasteiger charge is -2.40. The van der Waals surface area contributed by atoms with Crippen molar-refractivity contribution in [3.8, 4) is 0 Å². The number of pyridine rings is 1. The summed E-state index contributed by atoms with van der Waals surface area (Å²) >= 11 is 0. The number of anilines is 1. The third-order valence-corrected chi connectivity index (χ3v) is 5.64. The molecule has 116 valence electrons. The molecule has 1 N–H and O–H groups in total. The van der Waals surface area contributed by atoms with Gasteiger partial charge in [0.2, 0.25) is 0 Å². The molecule has 0 bridgehead atoms. The maximum absolute atomic E-state index is 4.61. The van der Waals surface area contributed by atoms with Crippen LogP contribution in [0.5, 0.6) is 0 Å². The number of hydrogen-bond acceptors (Lipinski definition) is 2. The van der Waals surface area contributed by atoms with Gasteiger partial charge < -0.3 is 5.32 Å². The molecule has 0 aromatic carbocycles. The highest BCUT2D eigenvalue weighted by Crippen LogP contribution is 2.39. The number of rotatable bonds is 3. The summed E-state index contributed by atoms with van der Waals surface area (Å²) < 4.78 is 0. The Morgan fingerprint density at radius 3 is 2.38 bits per heavy atom. The molecule has 0 aliphatic heterocycles. The molecule has 0 radical (unpaired) electrons. The van der Waals surface area contributed by atoms with Crippen LogP contribution in [0.4, 0.5) is 5.69 Å². The molecule has 0 amide bonds. The normalized spacial score (nSPS) is 27.5. The van der Waals surface area contributed by atoms with Crippen molar-refractivity contribution >= 4 is 5.69 Å². The van der Waals surface area contributed by atoms with Crippen LogP contribution in [0.2, 0.25) is 0 Å². The van der Waals surface area contributed by atoms with Gasteiger partial charge in [0, 0.05) is 11.7 Å². The molecule has 1 heterocycles. The summed E-state index contributed by atoms with van der Waals surface area (Å²) in [5, 5.41) is 3.86. The fourth-order valence-corrected chi connectivity index (χ4v) is 4.50. The monoisotopic (exact) mass is 286 g/mol. The van der Waals surface area contributed by atoms with Crippen LogP contribution in [0, 0.1) is 25.7 Å². The summed E-state index contributed by atoms with van der Waals surface area (Å²) in [6.45, 7) is 4.20. The van der Waals surface area contributed by atoms with E-state index in [0.717, 1.165) is 23.2 Å². The van der Waals surface area contributed by atoms with Crippen molar-refractivity contribution in [2.45, 2.75) is 77.7 Å². The average molecular weight is 286 g/mol. The lowest BCUT2D eigenvalue weighted by Crippen LogP contribution is -2.37. The van der Waals surface area contributed by atoms with Crippen molar-refractivity contribution in [1.29, 1.82) is 0 Å². The number of nitrogens with zero attached hydrogens (tertiary/aromatic N) is 1. The molecule has 1 aromatic rings. The van der Waals surface area contributed by atoms with Crippen LogP contribution in [0.25, 0.3) is 0 Å². The summed E-state index contributed by atoms with van der Waals surface area (Å²) in [6.07, 6.45) is 12.9. The van der Waals surface area contributed by atoms with Crippen LogP contribution in [-0.2, 0) is 0 Å². The van der Waals surface area contributed by atoms with Gasteiger partial charge in [-0.1, -0.05) is 44.9 Å². The zero-order chi connectivity index (χ0) is 14.7. The largest absolute Gasteiger partial charge is 0.381 e. The van der Waals surface area contributed by atoms with E-state index in [0.29, 0.717) is 6.04 Å². The van der Waals surface area contributed by atoms with E-state index in [1.807, 2.05) is 0 Å². The Bertz CT molecular complexity index is 463. The van der Waals surface area contributed by atoms with Crippen molar-refractivity contribution in [2.24, 2.45) is 11.8 Å². The summed E-state index contributed by atoms with van der Waals surface area (Å²) in [5.74, 6) is 1.86. The second kappa shape index (κ2) is 6.81. The highest BCUT2D eigenvalue weighted by atomic mass is 15.0. The van der Waals surface area contributed by atoms with E-state index in [1.165, 1.54) is 63.5 Å². The van der Waals surface area contributed by atoms with E-state index in [2.05, 4.69) is 36.3 Å². The van der Waals surface area contributed by atoms with Gasteiger partial charge in [-0.2, -0.15) is 0 Å². The minimum Gasteiger partial charge on any atom is -0.381 e. The van der Waals surface area contributed by atoms with E-state index < -0.39 is 0 Å². The predicted molar refractivity (Wildman–Crippen MR) is 89.7 cm³/mol. The lowest BCUT2D eigenvalue weighted by atomic mass is 9.71. The van der Waals surface area contributed by atoms with E-state index in [1.54, 1.807) is 0 Å². The minimum absolute atomic E-state index is 0.671.